The molecular formula is C19H13Cl2FN2O3S. The van der Waals surface area contributed by atoms with E-state index >= 15 is 0 Å². The van der Waals surface area contributed by atoms with Crippen molar-refractivity contribution in [3.63, 3.8) is 0 Å². The number of halogens is 3. The van der Waals surface area contributed by atoms with Crippen molar-refractivity contribution >= 4 is 51.5 Å². The van der Waals surface area contributed by atoms with E-state index in [1.807, 2.05) is 6.07 Å². The van der Waals surface area contributed by atoms with Gasteiger partial charge in [-0.05, 0) is 19.1 Å². The van der Waals surface area contributed by atoms with Crippen LogP contribution in [0.1, 0.15) is 27.0 Å². The van der Waals surface area contributed by atoms with E-state index in [1.54, 1.807) is 31.2 Å². The van der Waals surface area contributed by atoms with Crippen LogP contribution in [-0.2, 0) is 4.74 Å². The average molecular weight is 439 g/mol. The summed E-state index contributed by atoms with van der Waals surface area (Å²) in [4.78, 5) is 29.4. The molecule has 0 fully saturated rings. The van der Waals surface area contributed by atoms with Crippen molar-refractivity contribution in [3.05, 3.63) is 68.8 Å². The van der Waals surface area contributed by atoms with Crippen molar-refractivity contribution in [2.75, 3.05) is 11.9 Å². The number of thiazole rings is 1. The maximum atomic E-state index is 13.7. The Kier molecular flexibility index (Phi) is 6.28. The van der Waals surface area contributed by atoms with Crippen LogP contribution in [0.15, 0.2) is 42.5 Å². The van der Waals surface area contributed by atoms with Crippen molar-refractivity contribution < 1.29 is 18.7 Å². The second-order valence-electron chi connectivity index (χ2n) is 5.48. The Morgan fingerprint density at radius 3 is 2.57 bits per heavy atom. The molecule has 0 saturated heterocycles. The number of aromatic nitrogens is 1. The molecule has 5 nitrogen and oxygen atoms in total. The summed E-state index contributed by atoms with van der Waals surface area (Å²) in [6.07, 6.45) is 0. The minimum Gasteiger partial charge on any atom is -0.462 e. The normalized spacial score (nSPS) is 10.6. The van der Waals surface area contributed by atoms with Gasteiger partial charge in [-0.2, -0.15) is 0 Å². The monoisotopic (exact) mass is 438 g/mol. The van der Waals surface area contributed by atoms with Gasteiger partial charge in [0.1, 0.15) is 10.7 Å². The highest BCUT2D eigenvalue weighted by molar-refractivity contribution is 7.18. The van der Waals surface area contributed by atoms with E-state index < -0.39 is 17.7 Å². The molecule has 1 heterocycles. The first kappa shape index (κ1) is 20.3. The number of hydrogen-bond acceptors (Lipinski definition) is 5. The SMILES string of the molecule is CCOC(=O)c1sc(NC(=O)c2cc(F)c(Cl)cc2Cl)nc1-c1ccccc1. The highest BCUT2D eigenvalue weighted by Crippen LogP contribution is 2.32. The fourth-order valence-electron chi connectivity index (χ4n) is 2.36. The zero-order valence-corrected chi connectivity index (χ0v) is 16.8. The molecule has 0 unspecified atom stereocenters. The van der Waals surface area contributed by atoms with Crippen LogP contribution in [0.5, 0.6) is 0 Å². The maximum absolute atomic E-state index is 13.7. The maximum Gasteiger partial charge on any atom is 0.350 e. The quantitative estimate of drug-likeness (QED) is 0.410. The molecule has 1 N–H and O–H groups in total. The van der Waals surface area contributed by atoms with E-state index in [9.17, 15) is 14.0 Å². The Morgan fingerprint density at radius 1 is 1.18 bits per heavy atom. The third kappa shape index (κ3) is 4.32. The van der Waals surface area contributed by atoms with Crippen LogP contribution < -0.4 is 5.32 Å². The Balaban J connectivity index is 1.96. The molecule has 0 aliphatic heterocycles. The lowest BCUT2D eigenvalue weighted by Gasteiger charge is -2.05. The first-order valence-electron chi connectivity index (χ1n) is 8.10. The van der Waals surface area contributed by atoms with Gasteiger partial charge in [-0.25, -0.2) is 14.2 Å². The number of esters is 1. The molecule has 0 spiro atoms. The van der Waals surface area contributed by atoms with E-state index in [0.717, 1.165) is 23.5 Å². The van der Waals surface area contributed by atoms with E-state index in [2.05, 4.69) is 10.3 Å². The number of hydrogen-bond donors (Lipinski definition) is 1. The number of carbonyl (C=O) groups excluding carboxylic acids is 2. The van der Waals surface area contributed by atoms with Gasteiger partial charge in [0.25, 0.3) is 5.91 Å². The number of anilines is 1. The van der Waals surface area contributed by atoms with Gasteiger partial charge < -0.3 is 4.74 Å². The largest absolute Gasteiger partial charge is 0.462 e. The van der Waals surface area contributed by atoms with Crippen LogP contribution in [0.2, 0.25) is 10.0 Å². The number of benzene rings is 2. The zero-order chi connectivity index (χ0) is 20.3. The lowest BCUT2D eigenvalue weighted by Crippen LogP contribution is -2.12. The van der Waals surface area contributed by atoms with Gasteiger partial charge in [0.05, 0.1) is 27.9 Å². The molecule has 0 bridgehead atoms. The van der Waals surface area contributed by atoms with Crippen LogP contribution in [0.4, 0.5) is 9.52 Å². The molecule has 0 atom stereocenters. The van der Waals surface area contributed by atoms with Gasteiger partial charge in [0, 0.05) is 5.56 Å². The fourth-order valence-corrected chi connectivity index (χ4v) is 3.71. The van der Waals surface area contributed by atoms with Gasteiger partial charge in [0.2, 0.25) is 0 Å². The number of nitrogens with zero attached hydrogens (tertiary/aromatic N) is 1. The second kappa shape index (κ2) is 8.68. The molecule has 3 aromatic rings. The number of carbonyl (C=O) groups is 2. The number of ether oxygens (including phenoxy) is 1. The summed E-state index contributed by atoms with van der Waals surface area (Å²) < 4.78 is 18.8. The van der Waals surface area contributed by atoms with Crippen LogP contribution in [0, 0.1) is 5.82 Å². The summed E-state index contributed by atoms with van der Waals surface area (Å²) >= 11 is 12.6. The minimum absolute atomic E-state index is 0.00523. The summed E-state index contributed by atoms with van der Waals surface area (Å²) in [5.41, 5.74) is 0.975. The Bertz CT molecular complexity index is 1040. The molecule has 1 amide bonds. The third-order valence-electron chi connectivity index (χ3n) is 3.61. The molecule has 144 valence electrons. The van der Waals surface area contributed by atoms with Crippen LogP contribution in [-0.4, -0.2) is 23.5 Å². The highest BCUT2D eigenvalue weighted by atomic mass is 35.5. The Labute approximate surface area is 174 Å². The second-order valence-corrected chi connectivity index (χ2v) is 7.30. The van der Waals surface area contributed by atoms with Crippen molar-refractivity contribution in [1.29, 1.82) is 0 Å². The van der Waals surface area contributed by atoms with Gasteiger partial charge in [0.15, 0.2) is 5.13 Å². The number of amides is 1. The minimum atomic E-state index is -0.771. The van der Waals surface area contributed by atoms with E-state index in [0.29, 0.717) is 11.3 Å². The predicted molar refractivity (Wildman–Crippen MR) is 108 cm³/mol. The molecule has 2 aromatic carbocycles. The van der Waals surface area contributed by atoms with Crippen LogP contribution >= 0.6 is 34.5 Å². The lowest BCUT2D eigenvalue weighted by atomic mass is 10.1. The van der Waals surface area contributed by atoms with Crippen LogP contribution in [0.25, 0.3) is 11.3 Å². The fraction of sp³-hybridized carbons (Fsp3) is 0.105. The molecule has 28 heavy (non-hydrogen) atoms. The first-order valence-corrected chi connectivity index (χ1v) is 9.67. The van der Waals surface area contributed by atoms with Crippen molar-refractivity contribution in [2.24, 2.45) is 0 Å². The van der Waals surface area contributed by atoms with Gasteiger partial charge in [-0.3, -0.25) is 10.1 Å². The topological polar surface area (TPSA) is 68.3 Å². The summed E-state index contributed by atoms with van der Waals surface area (Å²) in [6.45, 7) is 1.90. The average Bonchev–Trinajstić information content (AvgIpc) is 3.09. The summed E-state index contributed by atoms with van der Waals surface area (Å²) in [6, 6.07) is 11.1. The lowest BCUT2D eigenvalue weighted by molar-refractivity contribution is 0.0532. The van der Waals surface area contributed by atoms with Gasteiger partial charge in [-0.1, -0.05) is 64.9 Å². The zero-order valence-electron chi connectivity index (χ0n) is 14.5. The predicted octanol–water partition coefficient (Wildman–Crippen LogP) is 5.69. The summed E-state index contributed by atoms with van der Waals surface area (Å²) in [5.74, 6) is -1.99. The summed E-state index contributed by atoms with van der Waals surface area (Å²) in [7, 11) is 0. The number of nitrogens with one attached hydrogen (secondary N) is 1. The van der Waals surface area contributed by atoms with Crippen molar-refractivity contribution in [2.45, 2.75) is 6.92 Å². The first-order chi connectivity index (χ1) is 13.4. The Hall–Kier alpha value is -2.48. The smallest absolute Gasteiger partial charge is 0.350 e. The van der Waals surface area contributed by atoms with E-state index in [-0.39, 0.29) is 32.2 Å². The van der Waals surface area contributed by atoms with Crippen molar-refractivity contribution in [3.8, 4) is 11.3 Å². The molecule has 0 saturated carbocycles. The van der Waals surface area contributed by atoms with E-state index in [1.165, 1.54) is 0 Å². The van der Waals surface area contributed by atoms with Gasteiger partial charge >= 0.3 is 5.97 Å². The molecule has 0 aliphatic carbocycles. The van der Waals surface area contributed by atoms with E-state index in [4.69, 9.17) is 27.9 Å². The molecule has 3 rings (SSSR count). The Morgan fingerprint density at radius 2 is 1.89 bits per heavy atom. The van der Waals surface area contributed by atoms with Crippen LogP contribution in [0.3, 0.4) is 0 Å². The van der Waals surface area contributed by atoms with Gasteiger partial charge in [-0.15, -0.1) is 0 Å². The molecule has 9 heteroatoms. The molecule has 1 aromatic heterocycles. The van der Waals surface area contributed by atoms with Crippen molar-refractivity contribution in [1.82, 2.24) is 4.98 Å². The molecule has 0 radical (unpaired) electrons. The number of rotatable bonds is 5. The standard InChI is InChI=1S/C19H13Cl2FN2O3S/c1-2-27-18(26)16-15(10-6-4-3-5-7-10)23-19(28-16)24-17(25)11-8-14(22)13(21)9-12(11)20/h3-9H,2H2,1H3,(H,23,24,25). The summed E-state index contributed by atoms with van der Waals surface area (Å²) in [5, 5.41) is 2.50. The third-order valence-corrected chi connectivity index (χ3v) is 5.16. The molecular weight excluding hydrogens is 426 g/mol. The highest BCUT2D eigenvalue weighted by Gasteiger charge is 2.22. The molecule has 0 aliphatic rings.